The van der Waals surface area contributed by atoms with Crippen LogP contribution in [0, 0.1) is 6.92 Å². The number of aryl methyl sites for hydroxylation is 1. The summed E-state index contributed by atoms with van der Waals surface area (Å²) >= 11 is 0. The first-order chi connectivity index (χ1) is 9.33. The normalized spacial score (nSPS) is 11.0. The number of nitrogens with zero attached hydrogens (tertiary/aromatic N) is 2. The minimum Gasteiger partial charge on any atom is -0.340 e. The zero-order valence-electron chi connectivity index (χ0n) is 10.8. The van der Waals surface area contributed by atoms with Gasteiger partial charge in [0.1, 0.15) is 0 Å². The maximum Gasteiger partial charge on any atom is 0.223 e. The van der Waals surface area contributed by atoms with E-state index in [0.717, 1.165) is 6.54 Å². The molecule has 0 saturated heterocycles. The summed E-state index contributed by atoms with van der Waals surface area (Å²) in [5.41, 5.74) is 1.28. The molecule has 0 saturated carbocycles. The highest BCUT2D eigenvalue weighted by atomic mass is 16.5. The zero-order valence-corrected chi connectivity index (χ0v) is 10.8. The highest BCUT2D eigenvalue weighted by molar-refractivity contribution is 5.85. The molecule has 0 bridgehead atoms. The Morgan fingerprint density at radius 1 is 1.05 bits per heavy atom. The molecule has 2 aromatic carbocycles. The molecule has 0 radical (unpaired) electrons. The predicted octanol–water partition coefficient (Wildman–Crippen LogP) is 2.82. The summed E-state index contributed by atoms with van der Waals surface area (Å²) in [7, 11) is 0. The Bertz CT molecular complexity index is 685. The van der Waals surface area contributed by atoms with Gasteiger partial charge in [0.25, 0.3) is 0 Å². The minimum atomic E-state index is 0.599. The third kappa shape index (κ3) is 2.63. The van der Waals surface area contributed by atoms with Crippen molar-refractivity contribution in [1.29, 1.82) is 0 Å². The van der Waals surface area contributed by atoms with Crippen LogP contribution in [-0.2, 0) is 13.1 Å². The summed E-state index contributed by atoms with van der Waals surface area (Å²) in [6.07, 6.45) is 0. The molecule has 0 atom stereocenters. The van der Waals surface area contributed by atoms with Crippen LogP contribution in [0.3, 0.4) is 0 Å². The first-order valence-electron chi connectivity index (χ1n) is 6.29. The smallest absolute Gasteiger partial charge is 0.223 e. The molecule has 0 aliphatic rings. The quantitative estimate of drug-likeness (QED) is 0.776. The van der Waals surface area contributed by atoms with E-state index < -0.39 is 0 Å². The molecule has 96 valence electrons. The standard InChI is InChI=1S/C15H15N3O/c1-11-17-15(18-19-11)10-16-9-13-7-4-6-12-5-2-3-8-14(12)13/h2-8,16H,9-10H2,1H3. The lowest BCUT2D eigenvalue weighted by atomic mass is 10.0. The summed E-state index contributed by atoms with van der Waals surface area (Å²) in [6.45, 7) is 3.19. The van der Waals surface area contributed by atoms with Gasteiger partial charge in [-0.05, 0) is 16.3 Å². The van der Waals surface area contributed by atoms with Crippen molar-refractivity contribution in [2.75, 3.05) is 0 Å². The molecule has 4 nitrogen and oxygen atoms in total. The van der Waals surface area contributed by atoms with Gasteiger partial charge in [-0.25, -0.2) is 0 Å². The summed E-state index contributed by atoms with van der Waals surface area (Å²) < 4.78 is 4.94. The zero-order chi connectivity index (χ0) is 13.1. The van der Waals surface area contributed by atoms with Crippen LogP contribution in [0.15, 0.2) is 47.0 Å². The Kier molecular flexibility index (Phi) is 3.25. The summed E-state index contributed by atoms with van der Waals surface area (Å²) in [5.74, 6) is 1.29. The highest BCUT2D eigenvalue weighted by Crippen LogP contribution is 2.18. The lowest BCUT2D eigenvalue weighted by Crippen LogP contribution is -2.13. The van der Waals surface area contributed by atoms with E-state index in [4.69, 9.17) is 4.52 Å². The number of aromatic nitrogens is 2. The van der Waals surface area contributed by atoms with E-state index in [1.54, 1.807) is 6.92 Å². The van der Waals surface area contributed by atoms with Crippen LogP contribution in [0.1, 0.15) is 17.3 Å². The molecule has 1 heterocycles. The Balaban J connectivity index is 1.71. The van der Waals surface area contributed by atoms with Gasteiger partial charge in [-0.1, -0.05) is 47.6 Å². The predicted molar refractivity (Wildman–Crippen MR) is 73.5 cm³/mol. The van der Waals surface area contributed by atoms with Gasteiger partial charge in [0.15, 0.2) is 5.82 Å². The molecule has 19 heavy (non-hydrogen) atoms. The van der Waals surface area contributed by atoms with Crippen molar-refractivity contribution in [2.24, 2.45) is 0 Å². The van der Waals surface area contributed by atoms with Gasteiger partial charge < -0.3 is 9.84 Å². The summed E-state index contributed by atoms with van der Waals surface area (Å²) in [5, 5.41) is 9.74. The molecule has 1 aromatic heterocycles. The number of rotatable bonds is 4. The van der Waals surface area contributed by atoms with Crippen LogP contribution in [-0.4, -0.2) is 10.1 Å². The van der Waals surface area contributed by atoms with Crippen molar-refractivity contribution in [2.45, 2.75) is 20.0 Å². The Labute approximate surface area is 111 Å². The van der Waals surface area contributed by atoms with Crippen molar-refractivity contribution < 1.29 is 4.52 Å². The van der Waals surface area contributed by atoms with Crippen LogP contribution in [0.4, 0.5) is 0 Å². The van der Waals surface area contributed by atoms with Crippen molar-refractivity contribution in [3.8, 4) is 0 Å². The largest absolute Gasteiger partial charge is 0.340 e. The second kappa shape index (κ2) is 5.20. The minimum absolute atomic E-state index is 0.599. The van der Waals surface area contributed by atoms with Crippen molar-refractivity contribution in [3.63, 3.8) is 0 Å². The number of hydrogen-bond acceptors (Lipinski definition) is 4. The van der Waals surface area contributed by atoms with Crippen molar-refractivity contribution in [3.05, 3.63) is 59.7 Å². The molecule has 0 aliphatic carbocycles. The van der Waals surface area contributed by atoms with Crippen molar-refractivity contribution >= 4 is 10.8 Å². The van der Waals surface area contributed by atoms with Crippen LogP contribution < -0.4 is 5.32 Å². The molecule has 3 aromatic rings. The molecule has 0 unspecified atom stereocenters. The molecule has 0 aliphatic heterocycles. The van der Waals surface area contributed by atoms with Gasteiger partial charge in [-0.15, -0.1) is 0 Å². The number of nitrogens with one attached hydrogen (secondary N) is 1. The van der Waals surface area contributed by atoms with Crippen LogP contribution in [0.2, 0.25) is 0 Å². The number of benzene rings is 2. The van der Waals surface area contributed by atoms with Gasteiger partial charge in [0, 0.05) is 13.5 Å². The van der Waals surface area contributed by atoms with E-state index in [1.807, 2.05) is 0 Å². The summed E-state index contributed by atoms with van der Waals surface area (Å²) in [4.78, 5) is 4.16. The fraction of sp³-hybridized carbons (Fsp3) is 0.200. The summed E-state index contributed by atoms with van der Waals surface area (Å²) in [6, 6.07) is 14.7. The van der Waals surface area contributed by atoms with E-state index >= 15 is 0 Å². The average Bonchev–Trinajstić information content (AvgIpc) is 2.85. The van der Waals surface area contributed by atoms with E-state index in [1.165, 1.54) is 16.3 Å². The first kappa shape index (κ1) is 11.9. The maximum absolute atomic E-state index is 4.94. The second-order valence-corrected chi connectivity index (χ2v) is 4.47. The van der Waals surface area contributed by atoms with E-state index in [9.17, 15) is 0 Å². The maximum atomic E-state index is 4.94. The SMILES string of the molecule is Cc1nc(CNCc2cccc3ccccc23)no1. The van der Waals surface area contributed by atoms with E-state index in [0.29, 0.717) is 18.3 Å². The van der Waals surface area contributed by atoms with Gasteiger partial charge in [0.05, 0.1) is 6.54 Å². The topological polar surface area (TPSA) is 51.0 Å². The molecule has 3 rings (SSSR count). The average molecular weight is 253 g/mol. The monoisotopic (exact) mass is 253 g/mol. The van der Waals surface area contributed by atoms with Crippen molar-refractivity contribution in [1.82, 2.24) is 15.5 Å². The Hall–Kier alpha value is -2.20. The fourth-order valence-corrected chi connectivity index (χ4v) is 2.17. The first-order valence-corrected chi connectivity index (χ1v) is 6.29. The highest BCUT2D eigenvalue weighted by Gasteiger charge is 2.03. The van der Waals surface area contributed by atoms with E-state index in [-0.39, 0.29) is 0 Å². The lowest BCUT2D eigenvalue weighted by molar-refractivity contribution is 0.385. The van der Waals surface area contributed by atoms with Gasteiger partial charge in [-0.2, -0.15) is 4.98 Å². The molecule has 0 fully saturated rings. The second-order valence-electron chi connectivity index (χ2n) is 4.47. The van der Waals surface area contributed by atoms with Crippen LogP contribution in [0.25, 0.3) is 10.8 Å². The number of hydrogen-bond donors (Lipinski definition) is 1. The molecule has 4 heteroatoms. The third-order valence-corrected chi connectivity index (χ3v) is 3.05. The van der Waals surface area contributed by atoms with Crippen LogP contribution >= 0.6 is 0 Å². The third-order valence-electron chi connectivity index (χ3n) is 3.05. The lowest BCUT2D eigenvalue weighted by Gasteiger charge is -2.06. The molecule has 0 spiro atoms. The molecule has 0 amide bonds. The van der Waals surface area contributed by atoms with Crippen LogP contribution in [0.5, 0.6) is 0 Å². The Morgan fingerprint density at radius 3 is 2.74 bits per heavy atom. The van der Waals surface area contributed by atoms with Gasteiger partial charge >= 0.3 is 0 Å². The Morgan fingerprint density at radius 2 is 1.89 bits per heavy atom. The van der Waals surface area contributed by atoms with E-state index in [2.05, 4.69) is 57.9 Å². The fourth-order valence-electron chi connectivity index (χ4n) is 2.17. The van der Waals surface area contributed by atoms with Gasteiger partial charge in [0.2, 0.25) is 5.89 Å². The number of fused-ring (bicyclic) bond motifs is 1. The molecule has 1 N–H and O–H groups in total. The molecular formula is C15H15N3O. The molecular weight excluding hydrogens is 238 g/mol. The van der Waals surface area contributed by atoms with Gasteiger partial charge in [-0.3, -0.25) is 0 Å².